The second-order valence-electron chi connectivity index (χ2n) is 4.62. The number of carboxylic acid groups (broad SMARTS) is 1. The molecule has 0 heterocycles. The molecule has 6 heteroatoms. The fourth-order valence-electron chi connectivity index (χ4n) is 1.29. The lowest BCUT2D eigenvalue weighted by Gasteiger charge is -2.26. The summed E-state index contributed by atoms with van der Waals surface area (Å²) in [6.07, 6.45) is -0.123. The van der Waals surface area contributed by atoms with Gasteiger partial charge in [0.25, 0.3) is 0 Å². The zero-order valence-corrected chi connectivity index (χ0v) is 10.1. The van der Waals surface area contributed by atoms with Crippen LogP contribution in [0.3, 0.4) is 0 Å². The summed E-state index contributed by atoms with van der Waals surface area (Å²) >= 11 is 0. The zero-order valence-electron chi connectivity index (χ0n) is 10.1. The molecule has 0 aromatic rings. The smallest absolute Gasteiger partial charge is 0.317 e. The van der Waals surface area contributed by atoms with Crippen LogP contribution in [0.15, 0.2) is 0 Å². The van der Waals surface area contributed by atoms with Crippen molar-refractivity contribution in [2.24, 2.45) is 0 Å². The Hall–Kier alpha value is -1.30. The Balaban J connectivity index is 4.10. The number of rotatable bonds is 5. The second kappa shape index (κ2) is 5.69. The molecule has 6 nitrogen and oxygen atoms in total. The Kier molecular flexibility index (Phi) is 5.23. The molecule has 0 aliphatic carbocycles. The summed E-state index contributed by atoms with van der Waals surface area (Å²) in [4.78, 5) is 23.2. The Morgan fingerprint density at radius 1 is 1.44 bits per heavy atom. The lowest BCUT2D eigenvalue weighted by atomic mass is 10.1. The van der Waals surface area contributed by atoms with E-state index >= 15 is 0 Å². The van der Waals surface area contributed by atoms with Gasteiger partial charge in [-0.3, -0.25) is 4.79 Å². The number of carboxylic acids is 1. The summed E-state index contributed by atoms with van der Waals surface area (Å²) in [7, 11) is 1.54. The zero-order chi connectivity index (χ0) is 12.9. The van der Waals surface area contributed by atoms with Crippen LogP contribution in [0.25, 0.3) is 0 Å². The first-order chi connectivity index (χ1) is 7.11. The molecule has 2 amide bonds. The van der Waals surface area contributed by atoms with Crippen LogP contribution in [-0.2, 0) is 4.79 Å². The van der Waals surface area contributed by atoms with Crippen molar-refractivity contribution >= 4 is 12.0 Å². The van der Waals surface area contributed by atoms with E-state index < -0.39 is 23.6 Å². The van der Waals surface area contributed by atoms with Crippen molar-refractivity contribution < 1.29 is 19.8 Å². The van der Waals surface area contributed by atoms with Crippen molar-refractivity contribution in [1.29, 1.82) is 0 Å². The summed E-state index contributed by atoms with van der Waals surface area (Å²) < 4.78 is 0. The first-order valence-electron chi connectivity index (χ1n) is 5.07. The van der Waals surface area contributed by atoms with Crippen LogP contribution in [0, 0.1) is 0 Å². The second-order valence-corrected chi connectivity index (χ2v) is 4.62. The molecule has 0 aromatic carbocycles. The molecule has 1 unspecified atom stereocenters. The van der Waals surface area contributed by atoms with Gasteiger partial charge in [-0.1, -0.05) is 0 Å². The normalized spacial score (nSPS) is 13.1. The highest BCUT2D eigenvalue weighted by Gasteiger charge is 2.20. The van der Waals surface area contributed by atoms with E-state index in [0.29, 0.717) is 0 Å². The summed E-state index contributed by atoms with van der Waals surface area (Å²) in [6, 6.07) is -0.829. The Morgan fingerprint density at radius 2 is 1.94 bits per heavy atom. The molecule has 3 N–H and O–H groups in total. The van der Waals surface area contributed by atoms with E-state index in [0.717, 1.165) is 0 Å². The van der Waals surface area contributed by atoms with Gasteiger partial charge in [0.1, 0.15) is 0 Å². The summed E-state index contributed by atoms with van der Waals surface area (Å²) in [6.45, 7) is 4.98. The first kappa shape index (κ1) is 14.7. The number of urea groups is 1. The molecule has 0 saturated heterocycles. The summed E-state index contributed by atoms with van der Waals surface area (Å²) in [5.41, 5.74) is -0.970. The molecule has 0 saturated carbocycles. The molecule has 0 spiro atoms. The summed E-state index contributed by atoms with van der Waals surface area (Å²) in [5, 5.41) is 20.5. The fourth-order valence-corrected chi connectivity index (χ4v) is 1.29. The number of aliphatic hydroxyl groups is 1. The maximum atomic E-state index is 11.5. The van der Waals surface area contributed by atoms with Gasteiger partial charge in [0.15, 0.2) is 0 Å². The topological polar surface area (TPSA) is 89.9 Å². The standard InChI is InChI=1S/C10H20N2O4/c1-7(5-8(13)14)11-9(15)12(4)6-10(2,3)16/h7,16H,5-6H2,1-4H3,(H,11,15)(H,13,14). The number of likely N-dealkylation sites (N-methyl/N-ethyl adjacent to an activating group) is 1. The number of carbonyl (C=O) groups is 2. The minimum atomic E-state index is -0.970. The van der Waals surface area contributed by atoms with Gasteiger partial charge in [0.2, 0.25) is 0 Å². The number of hydrogen-bond acceptors (Lipinski definition) is 3. The van der Waals surface area contributed by atoms with E-state index in [2.05, 4.69) is 5.32 Å². The number of nitrogens with zero attached hydrogens (tertiary/aromatic N) is 1. The molecular weight excluding hydrogens is 212 g/mol. The van der Waals surface area contributed by atoms with Gasteiger partial charge in [-0.05, 0) is 20.8 Å². The molecule has 0 radical (unpaired) electrons. The molecule has 0 rings (SSSR count). The predicted molar refractivity (Wildman–Crippen MR) is 59.2 cm³/mol. The highest BCUT2D eigenvalue weighted by molar-refractivity contribution is 5.75. The SMILES string of the molecule is CC(CC(=O)O)NC(=O)N(C)CC(C)(C)O. The predicted octanol–water partition coefficient (Wildman–Crippen LogP) is 0.262. The summed E-state index contributed by atoms with van der Waals surface area (Å²) in [5.74, 6) is -0.960. The average molecular weight is 232 g/mol. The molecular formula is C10H20N2O4. The number of aliphatic carboxylic acids is 1. The number of nitrogens with one attached hydrogen (secondary N) is 1. The maximum absolute atomic E-state index is 11.5. The maximum Gasteiger partial charge on any atom is 0.317 e. The van der Waals surface area contributed by atoms with Crippen molar-refractivity contribution in [3.05, 3.63) is 0 Å². The Labute approximate surface area is 95.2 Å². The van der Waals surface area contributed by atoms with Gasteiger partial charge in [0.05, 0.1) is 18.6 Å². The third-order valence-corrected chi connectivity index (χ3v) is 1.82. The highest BCUT2D eigenvalue weighted by atomic mass is 16.4. The van der Waals surface area contributed by atoms with Gasteiger partial charge in [-0.15, -0.1) is 0 Å². The van der Waals surface area contributed by atoms with Crippen molar-refractivity contribution in [2.45, 2.75) is 38.8 Å². The van der Waals surface area contributed by atoms with E-state index in [1.807, 2.05) is 0 Å². The molecule has 0 aliphatic heterocycles. The van der Waals surface area contributed by atoms with Crippen LogP contribution < -0.4 is 5.32 Å². The third-order valence-electron chi connectivity index (χ3n) is 1.82. The van der Waals surface area contributed by atoms with Crippen molar-refractivity contribution in [1.82, 2.24) is 10.2 Å². The largest absolute Gasteiger partial charge is 0.481 e. The molecule has 0 aliphatic rings. The van der Waals surface area contributed by atoms with Gasteiger partial charge < -0.3 is 20.4 Å². The van der Waals surface area contributed by atoms with E-state index in [1.54, 1.807) is 27.8 Å². The van der Waals surface area contributed by atoms with E-state index in [9.17, 15) is 14.7 Å². The van der Waals surface area contributed by atoms with Gasteiger partial charge in [-0.2, -0.15) is 0 Å². The van der Waals surface area contributed by atoms with Crippen molar-refractivity contribution in [2.75, 3.05) is 13.6 Å². The van der Waals surface area contributed by atoms with Gasteiger partial charge in [0, 0.05) is 13.1 Å². The van der Waals surface area contributed by atoms with Crippen molar-refractivity contribution in [3.8, 4) is 0 Å². The minimum absolute atomic E-state index is 0.123. The Morgan fingerprint density at radius 3 is 2.31 bits per heavy atom. The van der Waals surface area contributed by atoms with E-state index in [-0.39, 0.29) is 13.0 Å². The molecule has 0 bridgehead atoms. The van der Waals surface area contributed by atoms with Crippen LogP contribution in [-0.4, -0.2) is 52.3 Å². The lowest BCUT2D eigenvalue weighted by Crippen LogP contribution is -2.47. The minimum Gasteiger partial charge on any atom is -0.481 e. The van der Waals surface area contributed by atoms with Crippen LogP contribution in [0.5, 0.6) is 0 Å². The number of amides is 2. The van der Waals surface area contributed by atoms with E-state index in [4.69, 9.17) is 5.11 Å². The molecule has 1 atom stereocenters. The number of carbonyl (C=O) groups excluding carboxylic acids is 1. The van der Waals surface area contributed by atoms with Crippen LogP contribution >= 0.6 is 0 Å². The van der Waals surface area contributed by atoms with E-state index in [1.165, 1.54) is 4.90 Å². The lowest BCUT2D eigenvalue weighted by molar-refractivity contribution is -0.137. The first-order valence-corrected chi connectivity index (χ1v) is 5.07. The highest BCUT2D eigenvalue weighted by Crippen LogP contribution is 2.03. The average Bonchev–Trinajstić information content (AvgIpc) is 1.98. The van der Waals surface area contributed by atoms with Crippen LogP contribution in [0.1, 0.15) is 27.2 Å². The van der Waals surface area contributed by atoms with Gasteiger partial charge >= 0.3 is 12.0 Å². The molecule has 0 aromatic heterocycles. The van der Waals surface area contributed by atoms with Crippen LogP contribution in [0.4, 0.5) is 4.79 Å². The van der Waals surface area contributed by atoms with Crippen molar-refractivity contribution in [3.63, 3.8) is 0 Å². The molecule has 16 heavy (non-hydrogen) atoms. The van der Waals surface area contributed by atoms with Gasteiger partial charge in [-0.25, -0.2) is 4.79 Å². The Bertz CT molecular complexity index is 260. The fraction of sp³-hybridized carbons (Fsp3) is 0.800. The van der Waals surface area contributed by atoms with Crippen LogP contribution in [0.2, 0.25) is 0 Å². The number of hydrogen-bond donors (Lipinski definition) is 3. The third kappa shape index (κ3) is 7.05. The molecule has 94 valence electrons. The monoisotopic (exact) mass is 232 g/mol. The molecule has 0 fully saturated rings. The quantitative estimate of drug-likeness (QED) is 0.634.